The zero-order valence-electron chi connectivity index (χ0n) is 15.9. The molecule has 0 saturated carbocycles. The van der Waals surface area contributed by atoms with Crippen LogP contribution in [0.15, 0.2) is 66.7 Å². The highest BCUT2D eigenvalue weighted by Gasteiger charge is 2.36. The van der Waals surface area contributed by atoms with Crippen molar-refractivity contribution in [2.45, 2.75) is 6.92 Å². The first-order valence-corrected chi connectivity index (χ1v) is 9.49. The maximum absolute atomic E-state index is 12.5. The zero-order chi connectivity index (χ0) is 21.3. The Hall–Kier alpha value is -3.64. The van der Waals surface area contributed by atoms with Gasteiger partial charge < -0.3 is 9.47 Å². The fraction of sp³-hybridized carbons (Fsp3) is 0.0870. The topological polar surface area (TPSA) is 72.9 Å². The number of carbonyl (C=O) groups is 3. The van der Waals surface area contributed by atoms with Gasteiger partial charge in [-0.05, 0) is 67.1 Å². The molecule has 6 nitrogen and oxygen atoms in total. The highest BCUT2D eigenvalue weighted by atomic mass is 35.5. The second kappa shape index (κ2) is 8.00. The molecule has 150 valence electrons. The van der Waals surface area contributed by atoms with Crippen molar-refractivity contribution < 1.29 is 23.9 Å². The van der Waals surface area contributed by atoms with Crippen LogP contribution in [0.25, 0.3) is 0 Å². The van der Waals surface area contributed by atoms with Gasteiger partial charge >= 0.3 is 5.97 Å². The Morgan fingerprint density at radius 3 is 2.17 bits per heavy atom. The Labute approximate surface area is 177 Å². The van der Waals surface area contributed by atoms with E-state index < -0.39 is 5.97 Å². The molecule has 7 heteroatoms. The fourth-order valence-electron chi connectivity index (χ4n) is 3.16. The van der Waals surface area contributed by atoms with Gasteiger partial charge in [-0.1, -0.05) is 23.7 Å². The number of esters is 1. The van der Waals surface area contributed by atoms with E-state index in [1.54, 1.807) is 54.6 Å². The normalized spacial score (nSPS) is 12.7. The molecule has 0 aromatic heterocycles. The monoisotopic (exact) mass is 421 g/mol. The molecule has 2 amide bonds. The number of hydrogen-bond acceptors (Lipinski definition) is 5. The van der Waals surface area contributed by atoms with E-state index in [9.17, 15) is 14.4 Å². The minimum absolute atomic E-state index is 0.275. The van der Waals surface area contributed by atoms with Crippen LogP contribution in [0.5, 0.6) is 11.5 Å². The van der Waals surface area contributed by atoms with Crippen LogP contribution >= 0.6 is 11.6 Å². The van der Waals surface area contributed by atoms with E-state index >= 15 is 0 Å². The molecule has 30 heavy (non-hydrogen) atoms. The second-order valence-electron chi connectivity index (χ2n) is 6.66. The summed E-state index contributed by atoms with van der Waals surface area (Å²) >= 11 is 5.90. The summed E-state index contributed by atoms with van der Waals surface area (Å²) in [5.74, 6) is -0.536. The number of imide groups is 1. The Bertz CT molecular complexity index is 1120. The fourth-order valence-corrected chi connectivity index (χ4v) is 3.39. The Morgan fingerprint density at radius 1 is 0.933 bits per heavy atom. The van der Waals surface area contributed by atoms with Gasteiger partial charge in [0.15, 0.2) is 6.61 Å². The molecule has 3 aromatic rings. The second-order valence-corrected chi connectivity index (χ2v) is 7.09. The largest absolute Gasteiger partial charge is 0.482 e. The predicted octanol–water partition coefficient (Wildman–Crippen LogP) is 4.43. The van der Waals surface area contributed by atoms with Crippen molar-refractivity contribution in [1.29, 1.82) is 0 Å². The number of halogens is 1. The molecule has 0 radical (unpaired) electrons. The molecular weight excluding hydrogens is 406 g/mol. The number of anilines is 1. The molecule has 0 aliphatic carbocycles. The number of ether oxygens (including phenoxy) is 2. The lowest BCUT2D eigenvalue weighted by Gasteiger charge is -2.14. The maximum atomic E-state index is 12.5. The van der Waals surface area contributed by atoms with Crippen LogP contribution in [0.3, 0.4) is 0 Å². The molecule has 0 unspecified atom stereocenters. The van der Waals surface area contributed by atoms with E-state index in [0.29, 0.717) is 27.6 Å². The molecule has 0 bridgehead atoms. The van der Waals surface area contributed by atoms with Gasteiger partial charge in [0.1, 0.15) is 11.5 Å². The van der Waals surface area contributed by atoms with Gasteiger partial charge in [0.25, 0.3) is 11.8 Å². The number of aryl methyl sites for hydroxylation is 1. The number of benzene rings is 3. The third kappa shape index (κ3) is 3.77. The number of rotatable bonds is 5. The number of carbonyl (C=O) groups excluding carboxylic acids is 3. The molecule has 0 atom stereocenters. The van der Waals surface area contributed by atoms with Gasteiger partial charge in [0.05, 0.1) is 16.8 Å². The van der Waals surface area contributed by atoms with Crippen LogP contribution in [0.4, 0.5) is 5.69 Å². The van der Waals surface area contributed by atoms with Gasteiger partial charge in [0, 0.05) is 5.02 Å². The molecule has 3 aromatic carbocycles. The van der Waals surface area contributed by atoms with Crippen molar-refractivity contribution in [2.24, 2.45) is 0 Å². The van der Waals surface area contributed by atoms with Crippen LogP contribution in [0, 0.1) is 6.92 Å². The Morgan fingerprint density at radius 2 is 1.57 bits per heavy atom. The zero-order valence-corrected chi connectivity index (χ0v) is 16.7. The van der Waals surface area contributed by atoms with Crippen LogP contribution in [-0.4, -0.2) is 24.4 Å². The van der Waals surface area contributed by atoms with Crippen LogP contribution in [0.1, 0.15) is 26.3 Å². The lowest BCUT2D eigenvalue weighted by atomic mass is 10.1. The lowest BCUT2D eigenvalue weighted by Crippen LogP contribution is -2.29. The predicted molar refractivity (Wildman–Crippen MR) is 111 cm³/mol. The van der Waals surface area contributed by atoms with Crippen molar-refractivity contribution in [3.63, 3.8) is 0 Å². The SMILES string of the molecule is Cc1cc(Cl)ccc1OCC(=O)Oc1ccc(N2C(=O)c3ccccc3C2=O)cc1. The van der Waals surface area contributed by atoms with E-state index in [0.717, 1.165) is 10.5 Å². The Balaban J connectivity index is 1.40. The van der Waals surface area contributed by atoms with E-state index in [1.165, 1.54) is 12.1 Å². The third-order valence-corrected chi connectivity index (χ3v) is 4.84. The first-order chi connectivity index (χ1) is 14.4. The van der Waals surface area contributed by atoms with E-state index in [2.05, 4.69) is 0 Å². The van der Waals surface area contributed by atoms with Crippen molar-refractivity contribution in [2.75, 3.05) is 11.5 Å². The Kier molecular flexibility index (Phi) is 5.25. The van der Waals surface area contributed by atoms with E-state index in [1.807, 2.05) is 6.92 Å². The van der Waals surface area contributed by atoms with Crippen molar-refractivity contribution in [3.8, 4) is 11.5 Å². The summed E-state index contributed by atoms with van der Waals surface area (Å²) in [7, 11) is 0. The minimum atomic E-state index is -0.585. The van der Waals surface area contributed by atoms with Crippen LogP contribution in [0.2, 0.25) is 5.02 Å². The summed E-state index contributed by atoms with van der Waals surface area (Å²) in [5.41, 5.74) is 1.94. The maximum Gasteiger partial charge on any atom is 0.349 e. The molecular formula is C23H16ClNO5. The summed E-state index contributed by atoms with van der Waals surface area (Å²) in [6.45, 7) is 1.55. The highest BCUT2D eigenvalue weighted by molar-refractivity contribution is 6.34. The average molecular weight is 422 g/mol. The van der Waals surface area contributed by atoms with Gasteiger partial charge in [0.2, 0.25) is 0 Å². The molecule has 4 rings (SSSR count). The average Bonchev–Trinajstić information content (AvgIpc) is 2.99. The molecule has 0 spiro atoms. The summed E-state index contributed by atoms with van der Waals surface area (Å²) in [5, 5.41) is 0.584. The first kappa shape index (κ1) is 19.7. The summed E-state index contributed by atoms with van der Waals surface area (Å²) in [6.07, 6.45) is 0. The quantitative estimate of drug-likeness (QED) is 0.346. The molecule has 1 aliphatic heterocycles. The van der Waals surface area contributed by atoms with Gasteiger partial charge in [-0.15, -0.1) is 0 Å². The van der Waals surface area contributed by atoms with Crippen molar-refractivity contribution in [3.05, 3.63) is 88.4 Å². The number of amides is 2. The van der Waals surface area contributed by atoms with E-state index in [4.69, 9.17) is 21.1 Å². The molecule has 0 N–H and O–H groups in total. The molecule has 0 saturated heterocycles. The van der Waals surface area contributed by atoms with Gasteiger partial charge in [-0.3, -0.25) is 9.59 Å². The smallest absolute Gasteiger partial charge is 0.349 e. The van der Waals surface area contributed by atoms with Crippen molar-refractivity contribution in [1.82, 2.24) is 0 Å². The molecule has 0 fully saturated rings. The van der Waals surface area contributed by atoms with Gasteiger partial charge in [-0.2, -0.15) is 0 Å². The molecule has 1 aliphatic rings. The van der Waals surface area contributed by atoms with E-state index in [-0.39, 0.29) is 24.2 Å². The number of fused-ring (bicyclic) bond motifs is 1. The highest BCUT2D eigenvalue weighted by Crippen LogP contribution is 2.29. The first-order valence-electron chi connectivity index (χ1n) is 9.11. The van der Waals surface area contributed by atoms with Crippen LogP contribution < -0.4 is 14.4 Å². The van der Waals surface area contributed by atoms with Crippen LogP contribution in [-0.2, 0) is 4.79 Å². The lowest BCUT2D eigenvalue weighted by molar-refractivity contribution is -0.136. The van der Waals surface area contributed by atoms with Gasteiger partial charge in [-0.25, -0.2) is 9.69 Å². The summed E-state index contributed by atoms with van der Waals surface area (Å²) in [6, 6.07) is 17.9. The summed E-state index contributed by atoms with van der Waals surface area (Å²) in [4.78, 5) is 38.2. The molecule has 1 heterocycles. The standard InChI is InChI=1S/C23H16ClNO5/c1-14-12-15(24)6-11-20(14)29-13-21(26)30-17-9-7-16(8-10-17)25-22(27)18-4-2-3-5-19(18)23(25)28/h2-12H,13H2,1H3. The van der Waals surface area contributed by atoms with Crippen molar-refractivity contribution >= 4 is 35.1 Å². The third-order valence-electron chi connectivity index (χ3n) is 4.60. The number of hydrogen-bond donors (Lipinski definition) is 0. The number of nitrogens with zero attached hydrogens (tertiary/aromatic N) is 1. The minimum Gasteiger partial charge on any atom is -0.482 e. The summed E-state index contributed by atoms with van der Waals surface area (Å²) < 4.78 is 10.7.